The first-order valence-electron chi connectivity index (χ1n) is 8.18. The van der Waals surface area contributed by atoms with Crippen LogP contribution < -0.4 is 10.1 Å². The molecule has 130 valence electrons. The third kappa shape index (κ3) is 3.08. The van der Waals surface area contributed by atoms with Gasteiger partial charge < -0.3 is 19.4 Å². The van der Waals surface area contributed by atoms with Gasteiger partial charge in [0.15, 0.2) is 0 Å². The summed E-state index contributed by atoms with van der Waals surface area (Å²) in [6.45, 7) is 2.19. The minimum Gasteiger partial charge on any atom is -0.497 e. The van der Waals surface area contributed by atoms with Crippen LogP contribution in [0.5, 0.6) is 5.75 Å². The highest BCUT2D eigenvalue weighted by Crippen LogP contribution is 2.28. The van der Waals surface area contributed by atoms with Gasteiger partial charge in [-0.3, -0.25) is 4.98 Å². The molecule has 1 aliphatic rings. The van der Waals surface area contributed by atoms with E-state index in [2.05, 4.69) is 19.9 Å². The topological polar surface area (TPSA) is 61.2 Å². The molecular formula is C18H19FN4O2. The Hall–Kier alpha value is -2.51. The lowest BCUT2D eigenvalue weighted by Gasteiger charge is -2.26. The average molecular weight is 342 g/mol. The first-order valence-corrected chi connectivity index (χ1v) is 8.18. The Morgan fingerprint density at radius 2 is 2.32 bits per heavy atom. The number of fused-ring (bicyclic) bond motifs is 3. The minimum atomic E-state index is -0.296. The van der Waals surface area contributed by atoms with Crippen molar-refractivity contribution in [2.75, 3.05) is 20.3 Å². The quantitative estimate of drug-likeness (QED) is 0.772. The summed E-state index contributed by atoms with van der Waals surface area (Å²) < 4.78 is 26.8. The maximum Gasteiger partial charge on any atom is 0.145 e. The molecule has 6 nitrogen and oxygen atoms in total. The van der Waals surface area contributed by atoms with Crippen LogP contribution in [0.15, 0.2) is 36.7 Å². The van der Waals surface area contributed by atoms with Crippen LogP contribution in [0.1, 0.15) is 17.4 Å². The highest BCUT2D eigenvalue weighted by Gasteiger charge is 2.24. The number of aromatic nitrogens is 3. The zero-order chi connectivity index (χ0) is 17.2. The Morgan fingerprint density at radius 3 is 3.16 bits per heavy atom. The van der Waals surface area contributed by atoms with E-state index in [0.717, 1.165) is 22.6 Å². The van der Waals surface area contributed by atoms with Crippen molar-refractivity contribution in [2.24, 2.45) is 0 Å². The smallest absolute Gasteiger partial charge is 0.145 e. The fourth-order valence-electron chi connectivity index (χ4n) is 3.20. The lowest BCUT2D eigenvalue weighted by molar-refractivity contribution is 0.0564. The van der Waals surface area contributed by atoms with E-state index in [1.165, 1.54) is 6.20 Å². The lowest BCUT2D eigenvalue weighted by Crippen LogP contribution is -2.32. The number of hydrogen-bond acceptors (Lipinski definition) is 5. The van der Waals surface area contributed by atoms with E-state index < -0.39 is 0 Å². The minimum absolute atomic E-state index is 0.104. The van der Waals surface area contributed by atoms with E-state index >= 15 is 0 Å². The molecule has 1 unspecified atom stereocenters. The molecule has 0 saturated carbocycles. The third-order valence-corrected chi connectivity index (χ3v) is 4.43. The van der Waals surface area contributed by atoms with Gasteiger partial charge in [-0.15, -0.1) is 0 Å². The zero-order valence-electron chi connectivity index (χ0n) is 13.9. The summed E-state index contributed by atoms with van der Waals surface area (Å²) in [5, 5.41) is 3.31. The van der Waals surface area contributed by atoms with Crippen molar-refractivity contribution in [3.63, 3.8) is 0 Å². The molecule has 3 heterocycles. The number of pyridine rings is 1. The van der Waals surface area contributed by atoms with Gasteiger partial charge >= 0.3 is 0 Å². The summed E-state index contributed by atoms with van der Waals surface area (Å²) in [4.78, 5) is 8.42. The van der Waals surface area contributed by atoms with E-state index in [-0.39, 0.29) is 11.9 Å². The summed E-state index contributed by atoms with van der Waals surface area (Å²) >= 11 is 0. The number of ether oxygens (including phenoxy) is 2. The van der Waals surface area contributed by atoms with E-state index in [4.69, 9.17) is 9.47 Å². The summed E-state index contributed by atoms with van der Waals surface area (Å²) in [5.74, 6) is 1.39. The van der Waals surface area contributed by atoms with Gasteiger partial charge in [0.2, 0.25) is 0 Å². The maximum absolute atomic E-state index is 13.7. The van der Waals surface area contributed by atoms with Gasteiger partial charge in [-0.25, -0.2) is 9.37 Å². The fourth-order valence-corrected chi connectivity index (χ4v) is 3.20. The molecule has 0 saturated heterocycles. The summed E-state index contributed by atoms with van der Waals surface area (Å²) in [5.41, 5.74) is 2.55. The first kappa shape index (κ1) is 16.0. The van der Waals surface area contributed by atoms with Gasteiger partial charge in [0.1, 0.15) is 24.0 Å². The first-order chi connectivity index (χ1) is 12.3. The van der Waals surface area contributed by atoms with Gasteiger partial charge in [-0.05, 0) is 18.2 Å². The predicted octanol–water partition coefficient (Wildman–Crippen LogP) is 2.44. The van der Waals surface area contributed by atoms with Gasteiger partial charge in [-0.1, -0.05) is 0 Å². The van der Waals surface area contributed by atoms with E-state index in [0.29, 0.717) is 31.9 Å². The second-order valence-corrected chi connectivity index (χ2v) is 6.02. The van der Waals surface area contributed by atoms with Crippen LogP contribution >= 0.6 is 0 Å². The molecule has 1 aromatic carbocycles. The second-order valence-electron chi connectivity index (χ2n) is 6.02. The molecule has 0 bridgehead atoms. The van der Waals surface area contributed by atoms with Gasteiger partial charge in [0.25, 0.3) is 0 Å². The molecule has 0 radical (unpaired) electrons. The van der Waals surface area contributed by atoms with Crippen LogP contribution in [0, 0.1) is 5.82 Å². The van der Waals surface area contributed by atoms with E-state index in [1.807, 2.05) is 18.2 Å². The monoisotopic (exact) mass is 342 g/mol. The molecule has 1 N–H and O–H groups in total. The van der Waals surface area contributed by atoms with E-state index in [1.54, 1.807) is 19.4 Å². The van der Waals surface area contributed by atoms with Crippen molar-refractivity contribution in [1.29, 1.82) is 0 Å². The molecule has 4 rings (SSSR count). The standard InChI is InChI=1S/C18H19FN4O2/c1-24-14-2-3-17-16(6-14)22-18-11-25-10-13(23(17)18)8-21-7-12-4-5-20-9-15(12)19/h2-6,9,13,21H,7-8,10-11H2,1H3. The van der Waals surface area contributed by atoms with Crippen LogP contribution in [0.2, 0.25) is 0 Å². The van der Waals surface area contributed by atoms with Crippen molar-refractivity contribution in [3.05, 3.63) is 53.9 Å². The van der Waals surface area contributed by atoms with Crippen molar-refractivity contribution >= 4 is 11.0 Å². The Kier molecular flexibility index (Phi) is 4.33. The fraction of sp³-hybridized carbons (Fsp3) is 0.333. The lowest BCUT2D eigenvalue weighted by atomic mass is 10.2. The molecule has 3 aromatic rings. The number of nitrogens with zero attached hydrogens (tertiary/aromatic N) is 3. The number of imidazole rings is 1. The molecule has 25 heavy (non-hydrogen) atoms. The Balaban J connectivity index is 1.54. The maximum atomic E-state index is 13.7. The van der Waals surface area contributed by atoms with Crippen LogP contribution in [0.4, 0.5) is 4.39 Å². The van der Waals surface area contributed by atoms with Crippen molar-refractivity contribution < 1.29 is 13.9 Å². The molecule has 0 amide bonds. The van der Waals surface area contributed by atoms with E-state index in [9.17, 15) is 4.39 Å². The molecular weight excluding hydrogens is 323 g/mol. The highest BCUT2D eigenvalue weighted by atomic mass is 19.1. The van der Waals surface area contributed by atoms with Gasteiger partial charge in [-0.2, -0.15) is 0 Å². The van der Waals surface area contributed by atoms with Crippen LogP contribution in [0.3, 0.4) is 0 Å². The highest BCUT2D eigenvalue weighted by molar-refractivity contribution is 5.78. The second kappa shape index (κ2) is 6.78. The summed E-state index contributed by atoms with van der Waals surface area (Å²) in [7, 11) is 1.64. The number of methoxy groups -OCH3 is 1. The number of hydrogen-bond donors (Lipinski definition) is 1. The molecule has 7 heteroatoms. The number of rotatable bonds is 5. The zero-order valence-corrected chi connectivity index (χ0v) is 13.9. The summed E-state index contributed by atoms with van der Waals surface area (Å²) in [6, 6.07) is 7.67. The van der Waals surface area contributed by atoms with Crippen molar-refractivity contribution in [1.82, 2.24) is 19.9 Å². The van der Waals surface area contributed by atoms with Gasteiger partial charge in [0, 0.05) is 30.9 Å². The molecule has 2 aromatic heterocycles. The predicted molar refractivity (Wildman–Crippen MR) is 90.9 cm³/mol. The summed E-state index contributed by atoms with van der Waals surface area (Å²) in [6.07, 6.45) is 2.83. The Labute approximate surface area is 144 Å². The molecule has 1 aliphatic heterocycles. The van der Waals surface area contributed by atoms with Crippen molar-refractivity contribution in [3.8, 4) is 5.75 Å². The van der Waals surface area contributed by atoms with Crippen LogP contribution in [0.25, 0.3) is 11.0 Å². The molecule has 0 spiro atoms. The third-order valence-electron chi connectivity index (χ3n) is 4.43. The van der Waals surface area contributed by atoms with Gasteiger partial charge in [0.05, 0.1) is 37.0 Å². The average Bonchev–Trinajstić information content (AvgIpc) is 3.01. The van der Waals surface area contributed by atoms with Crippen LogP contribution in [-0.4, -0.2) is 34.8 Å². The molecule has 1 atom stereocenters. The largest absolute Gasteiger partial charge is 0.497 e. The molecule has 0 aliphatic carbocycles. The molecule has 0 fully saturated rings. The normalized spacial score (nSPS) is 16.8. The van der Waals surface area contributed by atoms with Crippen LogP contribution in [-0.2, 0) is 17.9 Å². The van der Waals surface area contributed by atoms with Crippen molar-refractivity contribution in [2.45, 2.75) is 19.2 Å². The Morgan fingerprint density at radius 1 is 1.40 bits per heavy atom. The SMILES string of the molecule is COc1ccc2c(c1)nc1n2C(CNCc2ccncc2F)COC1. The Bertz CT molecular complexity index is 896. The number of nitrogens with one attached hydrogen (secondary N) is 1. The number of halogens is 1. The number of benzene rings is 1.